The summed E-state index contributed by atoms with van der Waals surface area (Å²) in [7, 11) is 1.28. The highest BCUT2D eigenvalue weighted by Gasteiger charge is 2.19. The predicted molar refractivity (Wildman–Crippen MR) is 80.5 cm³/mol. The molecule has 0 radical (unpaired) electrons. The molecule has 0 atom stereocenters. The molecule has 3 aromatic rings. The largest absolute Gasteiger partial charge is 0.497 e. The third-order valence-corrected chi connectivity index (χ3v) is 3.20. The van der Waals surface area contributed by atoms with E-state index in [9.17, 15) is 13.6 Å². The molecule has 122 valence electrons. The van der Waals surface area contributed by atoms with E-state index in [-0.39, 0.29) is 5.75 Å². The van der Waals surface area contributed by atoms with Gasteiger partial charge in [0.05, 0.1) is 7.11 Å². The van der Waals surface area contributed by atoms with Crippen LogP contribution in [0.5, 0.6) is 5.75 Å². The molecule has 7 nitrogen and oxygen atoms in total. The number of amides is 1. The Bertz CT molecular complexity index is 860. The van der Waals surface area contributed by atoms with Gasteiger partial charge in [0.25, 0.3) is 5.91 Å². The molecule has 0 aliphatic rings. The van der Waals surface area contributed by atoms with Crippen molar-refractivity contribution < 1.29 is 18.3 Å². The van der Waals surface area contributed by atoms with Gasteiger partial charge in [-0.2, -0.15) is 5.21 Å². The maximum absolute atomic E-state index is 13.9. The van der Waals surface area contributed by atoms with Gasteiger partial charge in [-0.25, -0.2) is 8.78 Å². The van der Waals surface area contributed by atoms with Crippen molar-refractivity contribution in [1.82, 2.24) is 20.6 Å². The van der Waals surface area contributed by atoms with Gasteiger partial charge >= 0.3 is 0 Å². The molecule has 0 aliphatic heterocycles. The molecule has 1 aromatic heterocycles. The topological polar surface area (TPSA) is 92.8 Å². The normalized spacial score (nSPS) is 10.5. The molecular weight excluding hydrogens is 320 g/mol. The second-order valence-corrected chi connectivity index (χ2v) is 4.74. The number of aromatic amines is 1. The van der Waals surface area contributed by atoms with E-state index in [0.29, 0.717) is 17.1 Å². The van der Waals surface area contributed by atoms with Crippen molar-refractivity contribution >= 4 is 11.6 Å². The number of hydrogen-bond acceptors (Lipinski definition) is 5. The Kier molecular flexibility index (Phi) is 4.15. The molecule has 0 unspecified atom stereocenters. The lowest BCUT2D eigenvalue weighted by Gasteiger charge is -2.09. The number of anilines is 1. The van der Waals surface area contributed by atoms with Crippen LogP contribution < -0.4 is 10.1 Å². The number of benzene rings is 2. The smallest absolute Gasteiger partial charge is 0.261 e. The highest BCUT2D eigenvalue weighted by atomic mass is 19.1. The Hall–Kier alpha value is -3.36. The van der Waals surface area contributed by atoms with E-state index in [1.807, 2.05) is 0 Å². The van der Waals surface area contributed by atoms with Crippen molar-refractivity contribution in [3.8, 4) is 17.1 Å². The maximum atomic E-state index is 13.9. The van der Waals surface area contributed by atoms with Crippen LogP contribution in [0.2, 0.25) is 0 Å². The molecule has 1 heterocycles. The van der Waals surface area contributed by atoms with Gasteiger partial charge in [-0.1, -0.05) is 12.1 Å². The summed E-state index contributed by atoms with van der Waals surface area (Å²) >= 11 is 0. The minimum Gasteiger partial charge on any atom is -0.497 e. The van der Waals surface area contributed by atoms with Gasteiger partial charge in [-0.05, 0) is 17.3 Å². The SMILES string of the molecule is COc1cc(F)c(C(=O)Nc2cccc(-c3nn[nH]n3)c2)c(F)c1. The molecule has 0 fully saturated rings. The fourth-order valence-corrected chi connectivity index (χ4v) is 2.10. The summed E-state index contributed by atoms with van der Waals surface area (Å²) in [5.74, 6) is -2.64. The van der Waals surface area contributed by atoms with E-state index >= 15 is 0 Å². The molecule has 2 aromatic carbocycles. The quantitative estimate of drug-likeness (QED) is 0.766. The van der Waals surface area contributed by atoms with Gasteiger partial charge in [0.15, 0.2) is 0 Å². The van der Waals surface area contributed by atoms with Crippen molar-refractivity contribution in [3.63, 3.8) is 0 Å². The lowest BCUT2D eigenvalue weighted by molar-refractivity contribution is 0.101. The Morgan fingerprint density at radius 2 is 1.96 bits per heavy atom. The first kappa shape index (κ1) is 15.5. The summed E-state index contributed by atoms with van der Waals surface area (Å²) in [6.07, 6.45) is 0. The van der Waals surface area contributed by atoms with Crippen LogP contribution in [-0.4, -0.2) is 33.6 Å². The van der Waals surface area contributed by atoms with Crippen LogP contribution in [0, 0.1) is 11.6 Å². The van der Waals surface area contributed by atoms with Crippen molar-refractivity contribution in [3.05, 3.63) is 53.6 Å². The summed E-state index contributed by atoms with van der Waals surface area (Å²) in [5.41, 5.74) is 0.218. The summed E-state index contributed by atoms with van der Waals surface area (Å²) in [6.45, 7) is 0. The molecular formula is C15H11F2N5O2. The van der Waals surface area contributed by atoms with Crippen LogP contribution in [0.25, 0.3) is 11.4 Å². The molecule has 3 rings (SSSR count). The Labute approximate surface area is 134 Å². The van der Waals surface area contributed by atoms with E-state index < -0.39 is 23.1 Å². The Morgan fingerprint density at radius 3 is 2.58 bits per heavy atom. The number of rotatable bonds is 4. The molecule has 2 N–H and O–H groups in total. The fraction of sp³-hybridized carbons (Fsp3) is 0.0667. The molecule has 0 spiro atoms. The standard InChI is InChI=1S/C15H11F2N5O2/c1-24-10-6-11(16)13(12(17)7-10)15(23)18-9-4-2-3-8(5-9)14-19-21-22-20-14/h2-7H,1H3,(H,18,23)(H,19,20,21,22). The summed E-state index contributed by atoms with van der Waals surface area (Å²) in [4.78, 5) is 12.2. The second kappa shape index (κ2) is 6.41. The van der Waals surface area contributed by atoms with Gasteiger partial charge < -0.3 is 10.1 Å². The number of carbonyl (C=O) groups is 1. The number of aromatic nitrogens is 4. The number of halogens is 2. The van der Waals surface area contributed by atoms with Crippen molar-refractivity contribution in [2.24, 2.45) is 0 Å². The molecule has 0 saturated heterocycles. The zero-order chi connectivity index (χ0) is 17.1. The van der Waals surface area contributed by atoms with Gasteiger partial charge in [0.2, 0.25) is 5.82 Å². The van der Waals surface area contributed by atoms with Crippen molar-refractivity contribution in [1.29, 1.82) is 0 Å². The summed E-state index contributed by atoms with van der Waals surface area (Å²) in [5, 5.41) is 15.8. The minimum atomic E-state index is -1.02. The summed E-state index contributed by atoms with van der Waals surface area (Å²) < 4.78 is 32.6. The lowest BCUT2D eigenvalue weighted by atomic mass is 10.1. The Balaban J connectivity index is 1.87. The predicted octanol–water partition coefficient (Wildman–Crippen LogP) is 2.41. The molecule has 1 amide bonds. The fourth-order valence-electron chi connectivity index (χ4n) is 2.10. The molecule has 0 bridgehead atoms. The van der Waals surface area contributed by atoms with Crippen LogP contribution in [0.15, 0.2) is 36.4 Å². The zero-order valence-corrected chi connectivity index (χ0v) is 12.4. The minimum absolute atomic E-state index is 0.0133. The van der Waals surface area contributed by atoms with Crippen LogP contribution in [0.1, 0.15) is 10.4 Å². The molecule has 24 heavy (non-hydrogen) atoms. The summed E-state index contributed by atoms with van der Waals surface area (Å²) in [6, 6.07) is 8.35. The number of hydrogen-bond donors (Lipinski definition) is 2. The van der Waals surface area contributed by atoms with Gasteiger partial charge in [0, 0.05) is 23.4 Å². The maximum Gasteiger partial charge on any atom is 0.261 e. The van der Waals surface area contributed by atoms with E-state index in [4.69, 9.17) is 4.74 Å². The number of ether oxygens (including phenoxy) is 1. The molecule has 9 heteroatoms. The van der Waals surface area contributed by atoms with Crippen LogP contribution in [-0.2, 0) is 0 Å². The average molecular weight is 331 g/mol. The van der Waals surface area contributed by atoms with Gasteiger partial charge in [-0.3, -0.25) is 4.79 Å². The third kappa shape index (κ3) is 3.05. The van der Waals surface area contributed by atoms with Crippen LogP contribution in [0.3, 0.4) is 0 Å². The number of nitrogens with zero attached hydrogens (tertiary/aromatic N) is 3. The number of H-pyrrole nitrogens is 1. The molecule has 0 saturated carbocycles. The van der Waals surface area contributed by atoms with E-state index in [1.54, 1.807) is 24.3 Å². The van der Waals surface area contributed by atoms with Gasteiger partial charge in [-0.15, -0.1) is 10.2 Å². The third-order valence-electron chi connectivity index (χ3n) is 3.20. The first-order valence-electron chi connectivity index (χ1n) is 6.76. The van der Waals surface area contributed by atoms with E-state index in [2.05, 4.69) is 25.9 Å². The van der Waals surface area contributed by atoms with E-state index in [1.165, 1.54) is 7.11 Å². The number of carbonyl (C=O) groups excluding carboxylic acids is 1. The number of nitrogens with one attached hydrogen (secondary N) is 2. The number of tetrazole rings is 1. The lowest BCUT2D eigenvalue weighted by Crippen LogP contribution is -2.16. The van der Waals surface area contributed by atoms with Crippen LogP contribution in [0.4, 0.5) is 14.5 Å². The highest BCUT2D eigenvalue weighted by Crippen LogP contribution is 2.23. The van der Waals surface area contributed by atoms with Crippen molar-refractivity contribution in [2.45, 2.75) is 0 Å². The molecule has 0 aliphatic carbocycles. The highest BCUT2D eigenvalue weighted by molar-refractivity contribution is 6.05. The zero-order valence-electron chi connectivity index (χ0n) is 12.4. The monoisotopic (exact) mass is 331 g/mol. The first-order chi connectivity index (χ1) is 11.6. The first-order valence-corrected chi connectivity index (χ1v) is 6.76. The average Bonchev–Trinajstić information content (AvgIpc) is 3.08. The second-order valence-electron chi connectivity index (χ2n) is 4.74. The van der Waals surface area contributed by atoms with Crippen molar-refractivity contribution in [2.75, 3.05) is 12.4 Å². The van der Waals surface area contributed by atoms with Gasteiger partial charge in [0.1, 0.15) is 22.9 Å². The van der Waals surface area contributed by atoms with E-state index in [0.717, 1.165) is 12.1 Å². The Morgan fingerprint density at radius 1 is 1.21 bits per heavy atom. The number of methoxy groups -OCH3 is 1. The van der Waals surface area contributed by atoms with Crippen LogP contribution >= 0.6 is 0 Å².